The van der Waals surface area contributed by atoms with Gasteiger partial charge in [0.2, 0.25) is 0 Å². The van der Waals surface area contributed by atoms with Gasteiger partial charge in [0, 0.05) is 6.42 Å². The lowest BCUT2D eigenvalue weighted by Gasteiger charge is -2.25. The lowest BCUT2D eigenvalue weighted by atomic mass is 9.87. The van der Waals surface area contributed by atoms with Gasteiger partial charge in [-0.05, 0) is 54.7 Å². The van der Waals surface area contributed by atoms with Crippen LogP contribution < -0.4 is 0 Å². The average molecular weight is 465 g/mol. The molecule has 5 rings (SSSR count). The Morgan fingerprint density at radius 3 is 2.42 bits per heavy atom. The van der Waals surface area contributed by atoms with Crippen LogP contribution in [-0.4, -0.2) is 21.3 Å². The predicted molar refractivity (Wildman–Crippen MR) is 109 cm³/mol. The fourth-order valence-corrected chi connectivity index (χ4v) is 4.35. The number of H-pyrrole nitrogens is 1. The van der Waals surface area contributed by atoms with Gasteiger partial charge in [0.15, 0.2) is 11.4 Å². The zero-order valence-corrected chi connectivity index (χ0v) is 17.0. The summed E-state index contributed by atoms with van der Waals surface area (Å²) in [6.07, 6.45) is -2.77. The second-order valence-corrected chi connectivity index (χ2v) is 8.21. The van der Waals surface area contributed by atoms with E-state index in [1.807, 2.05) is 12.2 Å². The van der Waals surface area contributed by atoms with Crippen molar-refractivity contribution in [3.05, 3.63) is 65.5 Å². The highest BCUT2D eigenvalue weighted by molar-refractivity contribution is 6.02. The zero-order chi connectivity index (χ0) is 23.4. The first kappa shape index (κ1) is 21.5. The normalized spacial score (nSPS) is 21.0. The van der Waals surface area contributed by atoms with Crippen LogP contribution in [0.25, 0.3) is 22.2 Å². The molecule has 0 saturated heterocycles. The van der Waals surface area contributed by atoms with E-state index in [4.69, 9.17) is 4.84 Å². The van der Waals surface area contributed by atoms with Crippen LogP contribution in [0.3, 0.4) is 0 Å². The van der Waals surface area contributed by atoms with Gasteiger partial charge < -0.3 is 9.82 Å². The second-order valence-electron chi connectivity index (χ2n) is 8.21. The zero-order valence-electron chi connectivity index (χ0n) is 17.0. The number of aromatic nitrogens is 2. The Balaban J connectivity index is 1.63. The molecule has 1 aromatic heterocycles. The summed E-state index contributed by atoms with van der Waals surface area (Å²) in [6, 6.07) is 6.48. The average Bonchev–Trinajstić information content (AvgIpc) is 3.36. The monoisotopic (exact) mass is 465 g/mol. The van der Waals surface area contributed by atoms with Gasteiger partial charge in [0.05, 0.1) is 16.6 Å². The van der Waals surface area contributed by atoms with E-state index in [0.717, 1.165) is 31.4 Å². The number of rotatable bonds is 2. The maximum absolute atomic E-state index is 13.9. The number of nitrogens with one attached hydrogen (secondary N) is 1. The molecule has 2 aliphatic rings. The van der Waals surface area contributed by atoms with Gasteiger partial charge in [-0.3, -0.25) is 0 Å². The van der Waals surface area contributed by atoms with Crippen molar-refractivity contribution >= 4 is 16.7 Å². The Labute approximate surface area is 184 Å². The number of hydrogen-bond acceptors (Lipinski definition) is 3. The topological polar surface area (TPSA) is 50.3 Å². The molecule has 1 atom stereocenters. The fraction of sp³-hybridized carbons (Fsp3) is 0.304. The molecule has 0 saturated carbocycles. The van der Waals surface area contributed by atoms with Crippen molar-refractivity contribution in [1.82, 2.24) is 9.97 Å². The first-order valence-electron chi connectivity index (χ1n) is 10.3. The number of aromatic amines is 1. The first-order chi connectivity index (χ1) is 15.6. The molecule has 1 spiro atoms. The standard InChI is InChI=1S/C23H17F6N3O/c24-22(25,26)15-7-3-2-6-14(15)13-10-16(23(27,28)29)19-17(11-13)30-20(31-19)18-12-21(33-32-18)8-4-1-5-9-21/h2-4,6-8,10-11H,1,5,9,12H2,(H,30,31). The molecule has 33 heavy (non-hydrogen) atoms. The van der Waals surface area contributed by atoms with Crippen molar-refractivity contribution in [2.24, 2.45) is 5.16 Å². The van der Waals surface area contributed by atoms with E-state index in [-0.39, 0.29) is 28.0 Å². The molecular formula is C23H17F6N3O. The van der Waals surface area contributed by atoms with Crippen LogP contribution in [0.5, 0.6) is 0 Å². The molecule has 10 heteroatoms. The minimum absolute atomic E-state index is 0.0327. The maximum atomic E-state index is 13.9. The Hall–Kier alpha value is -3.30. The fourth-order valence-electron chi connectivity index (χ4n) is 4.35. The van der Waals surface area contributed by atoms with Gasteiger partial charge in [-0.15, -0.1) is 0 Å². The lowest BCUT2D eigenvalue weighted by molar-refractivity contribution is -0.137. The van der Waals surface area contributed by atoms with Crippen molar-refractivity contribution in [3.63, 3.8) is 0 Å². The number of halogens is 6. The van der Waals surface area contributed by atoms with Crippen LogP contribution in [0.1, 0.15) is 42.6 Å². The number of nitrogens with zero attached hydrogens (tertiary/aromatic N) is 2. The van der Waals surface area contributed by atoms with E-state index in [1.54, 1.807) is 0 Å². The summed E-state index contributed by atoms with van der Waals surface area (Å²) in [5.41, 5.74) is -3.38. The highest BCUT2D eigenvalue weighted by Crippen LogP contribution is 2.42. The van der Waals surface area contributed by atoms with E-state index < -0.39 is 29.1 Å². The van der Waals surface area contributed by atoms with Crippen molar-refractivity contribution in [3.8, 4) is 11.1 Å². The predicted octanol–water partition coefficient (Wildman–Crippen LogP) is 6.87. The van der Waals surface area contributed by atoms with Crippen molar-refractivity contribution in [1.29, 1.82) is 0 Å². The van der Waals surface area contributed by atoms with Crippen LogP contribution in [-0.2, 0) is 17.2 Å². The van der Waals surface area contributed by atoms with Crippen LogP contribution in [0, 0.1) is 0 Å². The Morgan fingerprint density at radius 2 is 1.73 bits per heavy atom. The SMILES string of the molecule is FC(F)(F)c1ccccc1-c1cc(C(F)(F)F)c2nc(C3=NOC4(C=CCCC4)C3)[nH]c2c1. The molecule has 4 nitrogen and oxygen atoms in total. The summed E-state index contributed by atoms with van der Waals surface area (Å²) in [5, 5.41) is 4.04. The van der Waals surface area contributed by atoms with E-state index in [2.05, 4.69) is 15.1 Å². The molecule has 2 heterocycles. The molecule has 3 aromatic rings. The molecule has 1 aliphatic heterocycles. The van der Waals surface area contributed by atoms with Crippen LogP contribution >= 0.6 is 0 Å². The van der Waals surface area contributed by atoms with Gasteiger partial charge in [-0.2, -0.15) is 26.3 Å². The molecule has 1 N–H and O–H groups in total. The van der Waals surface area contributed by atoms with Crippen LogP contribution in [0.15, 0.2) is 53.7 Å². The van der Waals surface area contributed by atoms with Crippen LogP contribution in [0.2, 0.25) is 0 Å². The van der Waals surface area contributed by atoms with E-state index in [1.165, 1.54) is 18.2 Å². The van der Waals surface area contributed by atoms with Gasteiger partial charge >= 0.3 is 12.4 Å². The summed E-state index contributed by atoms with van der Waals surface area (Å²) in [7, 11) is 0. The number of hydrogen-bond donors (Lipinski definition) is 1. The first-order valence-corrected chi connectivity index (χ1v) is 10.3. The van der Waals surface area contributed by atoms with E-state index >= 15 is 0 Å². The summed E-state index contributed by atoms with van der Waals surface area (Å²) in [4.78, 5) is 12.5. The largest absolute Gasteiger partial charge is 0.418 e. The van der Waals surface area contributed by atoms with Gasteiger partial charge in [-0.1, -0.05) is 29.4 Å². The number of fused-ring (bicyclic) bond motifs is 1. The summed E-state index contributed by atoms with van der Waals surface area (Å²) < 4.78 is 82.1. The third kappa shape index (κ3) is 3.87. The summed E-state index contributed by atoms with van der Waals surface area (Å²) in [5.74, 6) is 0.104. The quantitative estimate of drug-likeness (QED) is 0.332. The van der Waals surface area contributed by atoms with Crippen molar-refractivity contribution in [2.75, 3.05) is 0 Å². The van der Waals surface area contributed by atoms with E-state index in [9.17, 15) is 26.3 Å². The summed E-state index contributed by atoms with van der Waals surface area (Å²) in [6.45, 7) is 0. The Kier molecular flexibility index (Phi) is 4.80. The Bertz CT molecular complexity index is 1290. The third-order valence-electron chi connectivity index (χ3n) is 5.91. The minimum atomic E-state index is -4.82. The lowest BCUT2D eigenvalue weighted by Crippen LogP contribution is -2.28. The molecule has 0 radical (unpaired) electrons. The van der Waals surface area contributed by atoms with Crippen LogP contribution in [0.4, 0.5) is 26.3 Å². The van der Waals surface area contributed by atoms with Gasteiger partial charge in [0.1, 0.15) is 11.2 Å². The molecule has 1 unspecified atom stereocenters. The maximum Gasteiger partial charge on any atom is 0.418 e. The number of oxime groups is 1. The minimum Gasteiger partial charge on any atom is -0.384 e. The highest BCUT2D eigenvalue weighted by atomic mass is 19.4. The highest BCUT2D eigenvalue weighted by Gasteiger charge is 2.40. The molecule has 1 aliphatic carbocycles. The summed E-state index contributed by atoms with van der Waals surface area (Å²) >= 11 is 0. The van der Waals surface area contributed by atoms with E-state index in [0.29, 0.717) is 18.2 Å². The number of benzene rings is 2. The Morgan fingerprint density at radius 1 is 0.970 bits per heavy atom. The molecule has 172 valence electrons. The molecule has 0 fully saturated rings. The molecule has 0 bridgehead atoms. The van der Waals surface area contributed by atoms with Gasteiger partial charge in [-0.25, -0.2) is 4.98 Å². The number of imidazole rings is 1. The molecule has 2 aromatic carbocycles. The number of allylic oxidation sites excluding steroid dienone is 1. The van der Waals surface area contributed by atoms with Gasteiger partial charge in [0.25, 0.3) is 0 Å². The smallest absolute Gasteiger partial charge is 0.384 e. The third-order valence-corrected chi connectivity index (χ3v) is 5.91. The molecule has 0 amide bonds. The number of alkyl halides is 6. The van der Waals surface area contributed by atoms with Crippen molar-refractivity contribution in [2.45, 2.75) is 43.6 Å². The molecular weight excluding hydrogens is 448 g/mol. The van der Waals surface area contributed by atoms with Crippen molar-refractivity contribution < 1.29 is 31.2 Å². The second kappa shape index (κ2) is 7.36.